The van der Waals surface area contributed by atoms with Crippen molar-refractivity contribution < 1.29 is 14.0 Å². The van der Waals surface area contributed by atoms with E-state index in [2.05, 4.69) is 26.5 Å². The van der Waals surface area contributed by atoms with E-state index in [1.807, 2.05) is 12.1 Å². The highest BCUT2D eigenvalue weighted by atomic mass is 32.1. The summed E-state index contributed by atoms with van der Waals surface area (Å²) in [6.45, 7) is 6.66. The van der Waals surface area contributed by atoms with Crippen molar-refractivity contribution in [2.24, 2.45) is 0 Å². The van der Waals surface area contributed by atoms with E-state index in [9.17, 15) is 14.0 Å². The fourth-order valence-electron chi connectivity index (χ4n) is 3.16. The quantitative estimate of drug-likeness (QED) is 0.777. The summed E-state index contributed by atoms with van der Waals surface area (Å²) in [7, 11) is 0. The summed E-state index contributed by atoms with van der Waals surface area (Å²) < 4.78 is 13.4. The Hall–Kier alpha value is -2.29. The lowest BCUT2D eigenvalue weighted by Gasteiger charge is -2.33. The lowest BCUT2D eigenvalue weighted by molar-refractivity contribution is -0.121. The SMILES string of the molecule is CCNC(=O)NC(=O)CN1CCN(Cc2ccc(-c3cccc(F)c3)s2)CC1. The van der Waals surface area contributed by atoms with E-state index >= 15 is 0 Å². The largest absolute Gasteiger partial charge is 0.338 e. The molecular weight excluding hydrogens is 379 g/mol. The van der Waals surface area contributed by atoms with Crippen LogP contribution in [-0.4, -0.2) is 61.0 Å². The number of urea groups is 1. The van der Waals surface area contributed by atoms with Crippen LogP contribution < -0.4 is 10.6 Å². The van der Waals surface area contributed by atoms with E-state index in [1.54, 1.807) is 30.4 Å². The fourth-order valence-corrected chi connectivity index (χ4v) is 4.21. The lowest BCUT2D eigenvalue weighted by Crippen LogP contribution is -2.50. The van der Waals surface area contributed by atoms with Crippen LogP contribution in [0.5, 0.6) is 0 Å². The Labute approximate surface area is 168 Å². The van der Waals surface area contributed by atoms with Crippen LogP contribution in [0.1, 0.15) is 11.8 Å². The summed E-state index contributed by atoms with van der Waals surface area (Å²) in [6, 6.07) is 10.3. The number of benzene rings is 1. The second kappa shape index (κ2) is 9.77. The van der Waals surface area contributed by atoms with Crippen LogP contribution in [0.2, 0.25) is 0 Å². The molecule has 1 aliphatic heterocycles. The van der Waals surface area contributed by atoms with Crippen molar-refractivity contribution in [3.63, 3.8) is 0 Å². The minimum absolute atomic E-state index is 0.222. The molecule has 28 heavy (non-hydrogen) atoms. The third kappa shape index (κ3) is 5.85. The molecule has 150 valence electrons. The van der Waals surface area contributed by atoms with Crippen LogP contribution in [0.4, 0.5) is 9.18 Å². The molecule has 0 aliphatic carbocycles. The van der Waals surface area contributed by atoms with Gasteiger partial charge in [0, 0.05) is 49.0 Å². The van der Waals surface area contributed by atoms with Gasteiger partial charge in [-0.2, -0.15) is 0 Å². The van der Waals surface area contributed by atoms with Crippen LogP contribution >= 0.6 is 11.3 Å². The van der Waals surface area contributed by atoms with Gasteiger partial charge in [-0.15, -0.1) is 11.3 Å². The first kappa shape index (κ1) is 20.4. The molecule has 1 aromatic carbocycles. The smallest absolute Gasteiger partial charge is 0.321 e. The predicted octanol–water partition coefficient (Wildman–Crippen LogP) is 2.52. The standard InChI is InChI=1S/C20H25FN4O2S/c1-2-22-20(27)23-19(26)14-25-10-8-24(9-11-25)13-17-6-7-18(28-17)15-4-3-5-16(21)12-15/h3-7,12H,2,8-11,13-14H2,1H3,(H2,22,23,26,27). The maximum absolute atomic E-state index is 13.4. The van der Waals surface area contributed by atoms with Gasteiger partial charge in [-0.1, -0.05) is 12.1 Å². The molecular formula is C20H25FN4O2S. The third-order valence-electron chi connectivity index (χ3n) is 4.57. The molecule has 6 nitrogen and oxygen atoms in total. The van der Waals surface area contributed by atoms with Crippen LogP contribution in [-0.2, 0) is 11.3 Å². The molecule has 1 fully saturated rings. The number of piperazine rings is 1. The highest BCUT2D eigenvalue weighted by molar-refractivity contribution is 7.15. The number of nitrogens with zero attached hydrogens (tertiary/aromatic N) is 2. The second-order valence-electron chi connectivity index (χ2n) is 6.74. The number of thiophene rings is 1. The van der Waals surface area contributed by atoms with Crippen LogP contribution in [0.25, 0.3) is 10.4 Å². The lowest BCUT2D eigenvalue weighted by atomic mass is 10.2. The Morgan fingerprint density at radius 1 is 1.11 bits per heavy atom. The van der Waals surface area contributed by atoms with Gasteiger partial charge < -0.3 is 5.32 Å². The van der Waals surface area contributed by atoms with Gasteiger partial charge in [0.25, 0.3) is 0 Å². The zero-order chi connectivity index (χ0) is 19.9. The molecule has 0 saturated carbocycles. The molecule has 1 aliphatic rings. The van der Waals surface area contributed by atoms with Crippen LogP contribution in [0.3, 0.4) is 0 Å². The topological polar surface area (TPSA) is 64.7 Å². The summed E-state index contributed by atoms with van der Waals surface area (Å²) in [5.41, 5.74) is 0.902. The number of carbonyl (C=O) groups excluding carboxylic acids is 2. The first-order chi connectivity index (χ1) is 13.5. The van der Waals surface area contributed by atoms with Gasteiger partial charge in [-0.3, -0.25) is 19.9 Å². The maximum Gasteiger partial charge on any atom is 0.321 e. The first-order valence-corrected chi connectivity index (χ1v) is 10.2. The van der Waals surface area contributed by atoms with Crippen molar-refractivity contribution in [3.8, 4) is 10.4 Å². The van der Waals surface area contributed by atoms with E-state index in [1.165, 1.54) is 10.9 Å². The van der Waals surface area contributed by atoms with Gasteiger partial charge in [0.1, 0.15) is 5.82 Å². The average molecular weight is 405 g/mol. The zero-order valence-electron chi connectivity index (χ0n) is 15.9. The van der Waals surface area contributed by atoms with Crippen molar-refractivity contribution in [3.05, 3.63) is 47.1 Å². The number of nitrogens with one attached hydrogen (secondary N) is 2. The second-order valence-corrected chi connectivity index (χ2v) is 7.90. The Kier molecular flexibility index (Phi) is 7.13. The number of hydrogen-bond acceptors (Lipinski definition) is 5. The maximum atomic E-state index is 13.4. The number of halogens is 1. The highest BCUT2D eigenvalue weighted by Crippen LogP contribution is 2.29. The molecule has 2 aromatic rings. The zero-order valence-corrected chi connectivity index (χ0v) is 16.7. The Bertz CT molecular complexity index is 818. The molecule has 2 heterocycles. The Balaban J connectivity index is 1.45. The molecule has 0 atom stereocenters. The van der Waals surface area contributed by atoms with Crippen molar-refractivity contribution in [1.82, 2.24) is 20.4 Å². The van der Waals surface area contributed by atoms with E-state index < -0.39 is 6.03 Å². The number of imide groups is 1. The van der Waals surface area contributed by atoms with Crippen LogP contribution in [0.15, 0.2) is 36.4 Å². The van der Waals surface area contributed by atoms with E-state index in [-0.39, 0.29) is 18.3 Å². The summed E-state index contributed by atoms with van der Waals surface area (Å²) in [6.07, 6.45) is 0. The van der Waals surface area contributed by atoms with Crippen molar-refractivity contribution in [1.29, 1.82) is 0 Å². The molecule has 1 aromatic heterocycles. The van der Waals surface area contributed by atoms with Gasteiger partial charge in [-0.25, -0.2) is 9.18 Å². The monoisotopic (exact) mass is 404 g/mol. The van der Waals surface area contributed by atoms with Crippen molar-refractivity contribution in [2.75, 3.05) is 39.3 Å². The summed E-state index contributed by atoms with van der Waals surface area (Å²) in [5, 5.41) is 4.88. The number of amides is 3. The molecule has 3 rings (SSSR count). The Morgan fingerprint density at radius 2 is 1.86 bits per heavy atom. The van der Waals surface area contributed by atoms with Gasteiger partial charge in [0.05, 0.1) is 6.54 Å². The van der Waals surface area contributed by atoms with Crippen molar-refractivity contribution in [2.45, 2.75) is 13.5 Å². The molecule has 2 N–H and O–H groups in total. The van der Waals surface area contributed by atoms with Gasteiger partial charge in [-0.05, 0) is 36.8 Å². The predicted molar refractivity (Wildman–Crippen MR) is 109 cm³/mol. The molecule has 0 spiro atoms. The normalized spacial score (nSPS) is 15.4. The molecule has 3 amide bonds. The molecule has 0 bridgehead atoms. The minimum atomic E-state index is -0.446. The van der Waals surface area contributed by atoms with E-state index in [0.29, 0.717) is 6.54 Å². The van der Waals surface area contributed by atoms with Gasteiger partial charge in [0.2, 0.25) is 5.91 Å². The van der Waals surface area contributed by atoms with E-state index in [4.69, 9.17) is 0 Å². The summed E-state index contributed by atoms with van der Waals surface area (Å²) in [5.74, 6) is -0.503. The molecule has 0 radical (unpaired) electrons. The number of hydrogen-bond donors (Lipinski definition) is 2. The minimum Gasteiger partial charge on any atom is -0.338 e. The Morgan fingerprint density at radius 3 is 2.57 bits per heavy atom. The molecule has 0 unspecified atom stereocenters. The molecule has 1 saturated heterocycles. The third-order valence-corrected chi connectivity index (χ3v) is 5.69. The number of rotatable bonds is 6. The van der Waals surface area contributed by atoms with E-state index in [0.717, 1.165) is 43.2 Å². The molecule has 8 heteroatoms. The summed E-state index contributed by atoms with van der Waals surface area (Å²) >= 11 is 1.68. The number of carbonyl (C=O) groups is 2. The highest BCUT2D eigenvalue weighted by Gasteiger charge is 2.20. The fraction of sp³-hybridized carbons (Fsp3) is 0.400. The van der Waals surface area contributed by atoms with Crippen molar-refractivity contribution >= 4 is 23.3 Å². The van der Waals surface area contributed by atoms with Gasteiger partial charge in [0.15, 0.2) is 0 Å². The average Bonchev–Trinajstić information content (AvgIpc) is 3.12. The summed E-state index contributed by atoms with van der Waals surface area (Å²) in [4.78, 5) is 30.0. The first-order valence-electron chi connectivity index (χ1n) is 9.40. The van der Waals surface area contributed by atoms with Gasteiger partial charge >= 0.3 is 6.03 Å². The van der Waals surface area contributed by atoms with Crippen LogP contribution in [0, 0.1) is 5.82 Å².